The minimum absolute atomic E-state index is 0.347. The standard InChI is InChI=1S/C26H28N2O2/c1-2-3-8-18-9-6-12-21-22-13-7-14-23(26(29)30)25(22)28(24(21)15-18)17-20-11-5-4-10-19(20)16-27/h4-5,7,10-11,13-14,18H,2-3,6,8-9,12,15,17H2,1H3,(H,29,30). The molecule has 30 heavy (non-hydrogen) atoms. The molecule has 0 saturated carbocycles. The first-order chi connectivity index (χ1) is 14.6. The lowest BCUT2D eigenvalue weighted by Crippen LogP contribution is -2.12. The molecule has 3 aromatic rings. The van der Waals surface area contributed by atoms with Crippen LogP contribution < -0.4 is 0 Å². The number of unbranched alkanes of at least 4 members (excludes halogenated alkanes) is 1. The Hall–Kier alpha value is -3.06. The van der Waals surface area contributed by atoms with Gasteiger partial charge in [0.1, 0.15) is 0 Å². The van der Waals surface area contributed by atoms with Crippen LogP contribution in [0, 0.1) is 17.2 Å². The Bertz CT molecular complexity index is 1120. The van der Waals surface area contributed by atoms with Gasteiger partial charge in [-0.15, -0.1) is 0 Å². The molecule has 1 heterocycles. The summed E-state index contributed by atoms with van der Waals surface area (Å²) >= 11 is 0. The zero-order valence-corrected chi connectivity index (χ0v) is 17.5. The molecular formula is C26H28N2O2. The van der Waals surface area contributed by atoms with Crippen molar-refractivity contribution < 1.29 is 9.90 Å². The van der Waals surface area contributed by atoms with Crippen LogP contribution in [0.5, 0.6) is 0 Å². The molecule has 0 amide bonds. The van der Waals surface area contributed by atoms with Gasteiger partial charge in [0.2, 0.25) is 0 Å². The molecule has 0 bridgehead atoms. The van der Waals surface area contributed by atoms with E-state index in [1.165, 1.54) is 36.9 Å². The number of benzene rings is 2. The van der Waals surface area contributed by atoms with E-state index in [1.54, 1.807) is 6.07 Å². The zero-order valence-electron chi connectivity index (χ0n) is 17.5. The maximum atomic E-state index is 12.1. The highest BCUT2D eigenvalue weighted by molar-refractivity contribution is 6.04. The first-order valence-corrected chi connectivity index (χ1v) is 11.0. The number of aryl methyl sites for hydroxylation is 1. The fourth-order valence-electron chi connectivity index (χ4n) is 5.01. The van der Waals surface area contributed by atoms with Gasteiger partial charge in [-0.1, -0.05) is 56.5 Å². The van der Waals surface area contributed by atoms with E-state index in [2.05, 4.69) is 23.6 Å². The maximum Gasteiger partial charge on any atom is 0.337 e. The van der Waals surface area contributed by atoms with Gasteiger partial charge in [0.25, 0.3) is 0 Å². The summed E-state index contributed by atoms with van der Waals surface area (Å²) in [5.41, 5.74) is 5.32. The summed E-state index contributed by atoms with van der Waals surface area (Å²) in [6.45, 7) is 2.76. The predicted molar refractivity (Wildman–Crippen MR) is 119 cm³/mol. The topological polar surface area (TPSA) is 66.0 Å². The van der Waals surface area contributed by atoms with Gasteiger partial charge in [-0.25, -0.2) is 4.79 Å². The monoisotopic (exact) mass is 400 g/mol. The Balaban J connectivity index is 1.91. The smallest absolute Gasteiger partial charge is 0.337 e. The molecule has 0 fully saturated rings. The molecule has 0 aliphatic heterocycles. The molecule has 1 aliphatic carbocycles. The molecular weight excluding hydrogens is 372 g/mol. The molecule has 1 atom stereocenters. The number of aromatic nitrogens is 1. The average Bonchev–Trinajstić information content (AvgIpc) is 2.90. The number of nitriles is 1. The summed E-state index contributed by atoms with van der Waals surface area (Å²) in [7, 11) is 0. The van der Waals surface area contributed by atoms with Gasteiger partial charge in [-0.2, -0.15) is 5.26 Å². The molecule has 1 unspecified atom stereocenters. The molecule has 4 heteroatoms. The van der Waals surface area contributed by atoms with Gasteiger partial charge in [-0.05, 0) is 54.9 Å². The quantitative estimate of drug-likeness (QED) is 0.520. The van der Waals surface area contributed by atoms with Crippen molar-refractivity contribution >= 4 is 16.9 Å². The highest BCUT2D eigenvalue weighted by Crippen LogP contribution is 2.37. The number of aromatic carboxylic acids is 1. The van der Waals surface area contributed by atoms with E-state index in [-0.39, 0.29) is 0 Å². The van der Waals surface area contributed by atoms with Crippen LogP contribution in [0.15, 0.2) is 42.5 Å². The van der Waals surface area contributed by atoms with Crippen LogP contribution in [0.3, 0.4) is 0 Å². The molecule has 1 N–H and O–H groups in total. The van der Waals surface area contributed by atoms with Crippen LogP contribution in [0.1, 0.15) is 71.8 Å². The second-order valence-electron chi connectivity index (χ2n) is 8.39. The van der Waals surface area contributed by atoms with E-state index in [1.807, 2.05) is 30.3 Å². The minimum atomic E-state index is -0.898. The van der Waals surface area contributed by atoms with Crippen LogP contribution in [0.2, 0.25) is 0 Å². The molecule has 154 valence electrons. The number of carbonyl (C=O) groups is 1. The number of hydrogen-bond acceptors (Lipinski definition) is 2. The second-order valence-corrected chi connectivity index (χ2v) is 8.39. The first-order valence-electron chi connectivity index (χ1n) is 11.0. The van der Waals surface area contributed by atoms with E-state index < -0.39 is 5.97 Å². The fourth-order valence-corrected chi connectivity index (χ4v) is 5.01. The summed E-state index contributed by atoms with van der Waals surface area (Å²) in [6.07, 6.45) is 8.00. The predicted octanol–water partition coefficient (Wildman–Crippen LogP) is 5.94. The van der Waals surface area contributed by atoms with Crippen molar-refractivity contribution in [3.05, 3.63) is 70.4 Å². The van der Waals surface area contributed by atoms with Crippen molar-refractivity contribution in [1.82, 2.24) is 4.57 Å². The Labute approximate surface area is 177 Å². The molecule has 0 spiro atoms. The highest BCUT2D eigenvalue weighted by Gasteiger charge is 2.26. The van der Waals surface area contributed by atoms with Gasteiger partial charge in [-0.3, -0.25) is 0 Å². The van der Waals surface area contributed by atoms with Crippen LogP contribution in [0.4, 0.5) is 0 Å². The third-order valence-electron chi connectivity index (χ3n) is 6.49. The van der Waals surface area contributed by atoms with Crippen LogP contribution >= 0.6 is 0 Å². The average molecular weight is 401 g/mol. The maximum absolute atomic E-state index is 12.1. The van der Waals surface area contributed by atoms with Crippen molar-refractivity contribution in [3.63, 3.8) is 0 Å². The lowest BCUT2D eigenvalue weighted by molar-refractivity contribution is 0.0698. The number of carboxylic acid groups (broad SMARTS) is 1. The van der Waals surface area contributed by atoms with E-state index in [0.29, 0.717) is 23.6 Å². The zero-order chi connectivity index (χ0) is 21.1. The van der Waals surface area contributed by atoms with Crippen molar-refractivity contribution in [2.24, 2.45) is 5.92 Å². The number of carboxylic acids is 1. The van der Waals surface area contributed by atoms with Crippen molar-refractivity contribution in [3.8, 4) is 6.07 Å². The molecule has 0 saturated heterocycles. The number of para-hydroxylation sites is 1. The summed E-state index contributed by atoms with van der Waals surface area (Å²) < 4.78 is 2.20. The van der Waals surface area contributed by atoms with E-state index in [9.17, 15) is 15.2 Å². The van der Waals surface area contributed by atoms with E-state index in [4.69, 9.17) is 0 Å². The Kier molecular flexibility index (Phi) is 5.90. The van der Waals surface area contributed by atoms with Gasteiger partial charge in [0.05, 0.1) is 22.7 Å². The lowest BCUT2D eigenvalue weighted by Gasteiger charge is -2.18. The number of hydrogen-bond donors (Lipinski definition) is 1. The van der Waals surface area contributed by atoms with Crippen molar-refractivity contribution in [2.75, 3.05) is 0 Å². The summed E-state index contributed by atoms with van der Waals surface area (Å²) in [6, 6.07) is 15.6. The minimum Gasteiger partial charge on any atom is -0.478 e. The third-order valence-corrected chi connectivity index (χ3v) is 6.49. The molecule has 1 aromatic heterocycles. The molecule has 4 nitrogen and oxygen atoms in total. The normalized spacial score (nSPS) is 16.1. The van der Waals surface area contributed by atoms with E-state index in [0.717, 1.165) is 35.7 Å². The second kappa shape index (κ2) is 8.75. The Morgan fingerprint density at radius 3 is 2.83 bits per heavy atom. The van der Waals surface area contributed by atoms with Crippen LogP contribution in [0.25, 0.3) is 10.9 Å². The Morgan fingerprint density at radius 1 is 1.23 bits per heavy atom. The third kappa shape index (κ3) is 3.73. The van der Waals surface area contributed by atoms with Crippen LogP contribution in [-0.4, -0.2) is 15.6 Å². The Morgan fingerprint density at radius 2 is 2.07 bits per heavy atom. The van der Waals surface area contributed by atoms with Gasteiger partial charge < -0.3 is 9.67 Å². The highest BCUT2D eigenvalue weighted by atomic mass is 16.4. The van der Waals surface area contributed by atoms with Gasteiger partial charge in [0, 0.05) is 17.6 Å². The molecule has 4 rings (SSSR count). The first kappa shape index (κ1) is 20.2. The number of fused-ring (bicyclic) bond motifs is 3. The summed E-state index contributed by atoms with van der Waals surface area (Å²) in [4.78, 5) is 12.1. The molecule has 0 radical (unpaired) electrons. The fraction of sp³-hybridized carbons (Fsp3) is 0.385. The summed E-state index contributed by atoms with van der Waals surface area (Å²) in [5.74, 6) is -0.264. The van der Waals surface area contributed by atoms with Crippen molar-refractivity contribution in [2.45, 2.75) is 58.4 Å². The SMILES string of the molecule is CCCCC1CCCc2c(n(Cc3ccccc3C#N)c3c(C(=O)O)cccc23)C1. The summed E-state index contributed by atoms with van der Waals surface area (Å²) in [5, 5.41) is 20.5. The lowest BCUT2D eigenvalue weighted by atomic mass is 9.94. The van der Waals surface area contributed by atoms with Crippen molar-refractivity contribution in [1.29, 1.82) is 5.26 Å². The van der Waals surface area contributed by atoms with Crippen LogP contribution in [-0.2, 0) is 19.4 Å². The molecule has 2 aromatic carbocycles. The molecule has 1 aliphatic rings. The van der Waals surface area contributed by atoms with E-state index >= 15 is 0 Å². The number of nitrogens with zero attached hydrogens (tertiary/aromatic N) is 2. The van der Waals surface area contributed by atoms with Gasteiger partial charge >= 0.3 is 5.97 Å². The largest absolute Gasteiger partial charge is 0.478 e. The van der Waals surface area contributed by atoms with Gasteiger partial charge in [0.15, 0.2) is 0 Å². The number of rotatable bonds is 6.